The highest BCUT2D eigenvalue weighted by Gasteiger charge is 2.18. The summed E-state index contributed by atoms with van der Waals surface area (Å²) in [5.41, 5.74) is -0.861. The van der Waals surface area contributed by atoms with Crippen molar-refractivity contribution in [1.29, 1.82) is 0 Å². The van der Waals surface area contributed by atoms with E-state index < -0.39 is 40.9 Å². The van der Waals surface area contributed by atoms with E-state index in [9.17, 15) is 27.6 Å². The summed E-state index contributed by atoms with van der Waals surface area (Å²) in [6.45, 7) is -0.223. The number of ether oxygens (including phenoxy) is 1. The lowest BCUT2D eigenvalue weighted by Gasteiger charge is -2.19. The molecule has 4 aromatic rings. The predicted molar refractivity (Wildman–Crippen MR) is 128 cm³/mol. The second-order valence-electron chi connectivity index (χ2n) is 8.47. The van der Waals surface area contributed by atoms with Crippen molar-refractivity contribution in [3.8, 4) is 5.75 Å². The molecule has 0 amide bonds. The van der Waals surface area contributed by atoms with Crippen LogP contribution in [0.1, 0.15) is 23.1 Å². The Kier molecular flexibility index (Phi) is 6.38. The van der Waals surface area contributed by atoms with Crippen molar-refractivity contribution in [3.63, 3.8) is 0 Å². The molecule has 0 bridgehead atoms. The summed E-state index contributed by atoms with van der Waals surface area (Å²) in [7, 11) is 0. The molecule has 0 saturated carbocycles. The quantitative estimate of drug-likeness (QED) is 0.385. The highest BCUT2D eigenvalue weighted by molar-refractivity contribution is 5.58. The number of anilines is 2. The number of halogens is 3. The monoisotopic (exact) mass is 511 g/mol. The van der Waals surface area contributed by atoms with E-state index in [-0.39, 0.29) is 23.6 Å². The Hall–Kier alpha value is -4.61. The predicted octanol–water partition coefficient (Wildman–Crippen LogP) is 2.68. The maximum atomic E-state index is 13.9. The summed E-state index contributed by atoms with van der Waals surface area (Å²) in [4.78, 5) is 44.8. The number of aromatic nitrogens is 4. The first-order chi connectivity index (χ1) is 17.8. The minimum atomic E-state index is -1.64. The van der Waals surface area contributed by atoms with Gasteiger partial charge in [0.1, 0.15) is 5.75 Å². The molecule has 1 aliphatic heterocycles. The van der Waals surface area contributed by atoms with Gasteiger partial charge in [-0.2, -0.15) is 4.98 Å². The number of hydrogen-bond acceptors (Lipinski definition) is 6. The van der Waals surface area contributed by atoms with Gasteiger partial charge < -0.3 is 15.0 Å². The van der Waals surface area contributed by atoms with Crippen LogP contribution in [-0.4, -0.2) is 25.7 Å². The molecule has 0 radical (unpaired) electrons. The third kappa shape index (κ3) is 4.90. The minimum absolute atomic E-state index is 0.0788. The van der Waals surface area contributed by atoms with Gasteiger partial charge in [0.2, 0.25) is 5.95 Å². The first-order valence-corrected chi connectivity index (χ1v) is 11.3. The number of rotatable bonds is 6. The Morgan fingerprint density at radius 2 is 1.78 bits per heavy atom. The zero-order chi connectivity index (χ0) is 26.1. The van der Waals surface area contributed by atoms with Gasteiger partial charge in [0.25, 0.3) is 5.56 Å². The first kappa shape index (κ1) is 24.1. The van der Waals surface area contributed by atoms with Crippen LogP contribution in [0.2, 0.25) is 0 Å². The Morgan fingerprint density at radius 1 is 1.00 bits per heavy atom. The molecule has 0 fully saturated rings. The Morgan fingerprint density at radius 3 is 2.54 bits per heavy atom. The number of nitrogens with zero attached hydrogens (tertiary/aromatic N) is 3. The van der Waals surface area contributed by atoms with E-state index >= 15 is 0 Å². The lowest BCUT2D eigenvalue weighted by Crippen LogP contribution is -2.43. The van der Waals surface area contributed by atoms with Crippen molar-refractivity contribution in [1.82, 2.24) is 19.1 Å². The number of aromatic amines is 1. The van der Waals surface area contributed by atoms with Crippen LogP contribution in [0.25, 0.3) is 0 Å². The minimum Gasteiger partial charge on any atom is -0.493 e. The lowest BCUT2D eigenvalue weighted by molar-refractivity contribution is 0.288. The summed E-state index contributed by atoms with van der Waals surface area (Å²) in [5, 5.41) is 2.92. The van der Waals surface area contributed by atoms with Crippen molar-refractivity contribution in [2.75, 3.05) is 11.9 Å². The molecule has 2 aromatic heterocycles. The Bertz CT molecular complexity index is 1660. The average Bonchev–Trinajstić information content (AvgIpc) is 2.88. The molecule has 12 heteroatoms. The van der Waals surface area contributed by atoms with Crippen LogP contribution in [0.4, 0.5) is 24.8 Å². The van der Waals surface area contributed by atoms with Gasteiger partial charge in [-0.05, 0) is 60.4 Å². The number of nitrogens with one attached hydrogen (secondary N) is 2. The van der Waals surface area contributed by atoms with Gasteiger partial charge in [-0.1, -0.05) is 6.07 Å². The summed E-state index contributed by atoms with van der Waals surface area (Å²) in [6, 6.07) is 9.69. The number of aryl methyl sites for hydroxylation is 1. The third-order valence-electron chi connectivity index (χ3n) is 5.93. The summed E-state index contributed by atoms with van der Waals surface area (Å²) >= 11 is 0. The van der Waals surface area contributed by atoms with Crippen LogP contribution in [0.5, 0.6) is 5.75 Å². The van der Waals surface area contributed by atoms with E-state index in [2.05, 4.69) is 15.3 Å². The smallest absolute Gasteiger partial charge is 0.355 e. The summed E-state index contributed by atoms with van der Waals surface area (Å²) < 4.78 is 48.6. The molecule has 37 heavy (non-hydrogen) atoms. The number of H-pyrrole nitrogens is 1. The lowest BCUT2D eigenvalue weighted by atomic mass is 10.1. The van der Waals surface area contributed by atoms with Crippen LogP contribution in [0, 0.1) is 17.5 Å². The van der Waals surface area contributed by atoms with Crippen molar-refractivity contribution in [2.24, 2.45) is 0 Å². The van der Waals surface area contributed by atoms with E-state index in [1.54, 1.807) is 18.2 Å². The molecular formula is C25H20F3N5O4. The van der Waals surface area contributed by atoms with E-state index in [1.165, 1.54) is 18.3 Å². The first-order valence-electron chi connectivity index (χ1n) is 11.3. The van der Waals surface area contributed by atoms with E-state index in [0.717, 1.165) is 45.4 Å². The molecule has 5 rings (SSSR count). The van der Waals surface area contributed by atoms with Gasteiger partial charge in [-0.25, -0.2) is 27.3 Å². The van der Waals surface area contributed by atoms with Crippen LogP contribution in [0.3, 0.4) is 0 Å². The largest absolute Gasteiger partial charge is 0.493 e. The van der Waals surface area contributed by atoms with Crippen LogP contribution in [0.15, 0.2) is 63.0 Å². The highest BCUT2D eigenvalue weighted by atomic mass is 19.2. The number of pyridine rings is 1. The number of fused-ring (bicyclic) bond motifs is 1. The van der Waals surface area contributed by atoms with Crippen LogP contribution >= 0.6 is 0 Å². The molecule has 2 N–H and O–H groups in total. The normalized spacial score (nSPS) is 12.6. The molecule has 9 nitrogen and oxygen atoms in total. The van der Waals surface area contributed by atoms with Gasteiger partial charge in [-0.15, -0.1) is 0 Å². The van der Waals surface area contributed by atoms with Crippen LogP contribution in [-0.2, 0) is 19.5 Å². The molecule has 0 aliphatic carbocycles. The summed E-state index contributed by atoms with van der Waals surface area (Å²) in [5.74, 6) is -3.97. The van der Waals surface area contributed by atoms with Gasteiger partial charge in [0, 0.05) is 17.4 Å². The maximum Gasteiger partial charge on any atom is 0.355 e. The zero-order valence-corrected chi connectivity index (χ0v) is 19.3. The topological polar surface area (TPSA) is 111 Å². The SMILES string of the molecule is O=c1[nH]cccc1Cn1c(=O)nc(Nc2ccc3c(c2)CCCO3)n(Cc2cc(F)c(F)c(F)c2)c1=O. The standard InChI is InChI=1S/C25H20F3N5O4/c26-18-9-14(10-19(27)21(18)28)12-32-23(30-17-5-6-20-15(11-17)4-2-8-37-20)31-24(35)33(25(32)36)13-16-3-1-7-29-22(16)34/h1,3,5-7,9-11H,2,4,8,12-13H2,(H,29,34)(H,30,31,35). The van der Waals surface area contributed by atoms with E-state index in [0.29, 0.717) is 12.3 Å². The van der Waals surface area contributed by atoms with Gasteiger partial charge in [0.05, 0.1) is 19.7 Å². The molecule has 190 valence electrons. The van der Waals surface area contributed by atoms with Gasteiger partial charge in [-0.3, -0.25) is 9.36 Å². The molecule has 0 spiro atoms. The van der Waals surface area contributed by atoms with Gasteiger partial charge >= 0.3 is 11.4 Å². The molecule has 3 heterocycles. The van der Waals surface area contributed by atoms with Crippen molar-refractivity contribution >= 4 is 11.6 Å². The fourth-order valence-corrected chi connectivity index (χ4v) is 4.10. The number of hydrogen-bond donors (Lipinski definition) is 2. The molecule has 0 saturated heterocycles. The van der Waals surface area contributed by atoms with E-state index in [1.807, 2.05) is 0 Å². The maximum absolute atomic E-state index is 13.9. The third-order valence-corrected chi connectivity index (χ3v) is 5.93. The second kappa shape index (κ2) is 9.80. The highest BCUT2D eigenvalue weighted by Crippen LogP contribution is 2.28. The van der Waals surface area contributed by atoms with Crippen LogP contribution < -0.4 is 27.0 Å². The molecule has 0 unspecified atom stereocenters. The van der Waals surface area contributed by atoms with E-state index in [4.69, 9.17) is 4.74 Å². The average molecular weight is 511 g/mol. The molecule has 2 aromatic carbocycles. The fourth-order valence-electron chi connectivity index (χ4n) is 4.10. The fraction of sp³-hybridized carbons (Fsp3) is 0.200. The van der Waals surface area contributed by atoms with Crippen molar-refractivity contribution < 1.29 is 17.9 Å². The van der Waals surface area contributed by atoms with Crippen molar-refractivity contribution in [3.05, 3.63) is 114 Å². The molecule has 0 atom stereocenters. The summed E-state index contributed by atoms with van der Waals surface area (Å²) in [6.07, 6.45) is 3.00. The zero-order valence-electron chi connectivity index (χ0n) is 19.3. The molecular weight excluding hydrogens is 491 g/mol. The Balaban J connectivity index is 1.60. The number of benzene rings is 2. The Labute approximate surface area is 206 Å². The van der Waals surface area contributed by atoms with Crippen molar-refractivity contribution in [2.45, 2.75) is 25.9 Å². The second-order valence-corrected chi connectivity index (χ2v) is 8.47. The van der Waals surface area contributed by atoms with Gasteiger partial charge in [0.15, 0.2) is 17.5 Å². The molecule has 1 aliphatic rings.